The second-order valence-electron chi connectivity index (χ2n) is 8.92. The van der Waals surface area contributed by atoms with Gasteiger partial charge in [-0.05, 0) is 68.1 Å². The first-order chi connectivity index (χ1) is 17.5. The maximum absolute atomic E-state index is 13.6. The number of para-hydroxylation sites is 1. The molecular formula is C28H33N3O4S. The number of amides is 3. The van der Waals surface area contributed by atoms with Crippen molar-refractivity contribution in [3.05, 3.63) is 76.0 Å². The lowest BCUT2D eigenvalue weighted by Crippen LogP contribution is -2.45. The fourth-order valence-corrected chi connectivity index (χ4v) is 4.97. The lowest BCUT2D eigenvalue weighted by molar-refractivity contribution is -0.132. The molecule has 0 aliphatic heterocycles. The van der Waals surface area contributed by atoms with Crippen LogP contribution in [-0.4, -0.2) is 55.1 Å². The second kappa shape index (κ2) is 11.9. The molecule has 2 aromatic carbocycles. The molecule has 0 unspecified atom stereocenters. The lowest BCUT2D eigenvalue weighted by atomic mass is 10.1. The van der Waals surface area contributed by atoms with Crippen LogP contribution in [0.2, 0.25) is 0 Å². The van der Waals surface area contributed by atoms with E-state index in [1.54, 1.807) is 30.5 Å². The summed E-state index contributed by atoms with van der Waals surface area (Å²) in [7, 11) is 3.23. The number of nitrogens with zero attached hydrogens (tertiary/aromatic N) is 2. The number of carbonyl (C=O) groups excluding carboxylic acids is 2. The number of benzene rings is 2. The number of ether oxygens (including phenoxy) is 2. The monoisotopic (exact) mass is 507 g/mol. The van der Waals surface area contributed by atoms with Crippen LogP contribution in [-0.2, 0) is 17.8 Å². The van der Waals surface area contributed by atoms with Gasteiger partial charge >= 0.3 is 6.03 Å². The van der Waals surface area contributed by atoms with Gasteiger partial charge in [-0.25, -0.2) is 4.79 Å². The Hall–Kier alpha value is -3.52. The predicted octanol–water partition coefficient (Wildman–Crippen LogP) is 5.34. The van der Waals surface area contributed by atoms with Gasteiger partial charge in [0, 0.05) is 28.0 Å². The molecule has 0 bridgehead atoms. The molecule has 1 aliphatic carbocycles. The number of methoxy groups -OCH3 is 2. The van der Waals surface area contributed by atoms with Crippen molar-refractivity contribution < 1.29 is 19.1 Å². The zero-order chi connectivity index (χ0) is 25.5. The van der Waals surface area contributed by atoms with Crippen LogP contribution in [0.15, 0.2) is 60.7 Å². The molecular weight excluding hydrogens is 474 g/mol. The van der Waals surface area contributed by atoms with Crippen LogP contribution < -0.4 is 14.8 Å². The summed E-state index contributed by atoms with van der Waals surface area (Å²) in [6.45, 7) is 3.17. The molecule has 1 heterocycles. The highest BCUT2D eigenvalue weighted by Crippen LogP contribution is 2.29. The summed E-state index contributed by atoms with van der Waals surface area (Å²) in [6.07, 6.45) is 2.51. The fourth-order valence-electron chi connectivity index (χ4n) is 4.07. The summed E-state index contributed by atoms with van der Waals surface area (Å²) in [5.74, 6) is 1.28. The molecule has 8 heteroatoms. The average Bonchev–Trinajstić information content (AvgIpc) is 3.65. The summed E-state index contributed by atoms with van der Waals surface area (Å²) in [6, 6.07) is 19.2. The van der Waals surface area contributed by atoms with Gasteiger partial charge in [-0.1, -0.05) is 24.3 Å². The van der Waals surface area contributed by atoms with Crippen LogP contribution in [0.25, 0.3) is 0 Å². The lowest BCUT2D eigenvalue weighted by Gasteiger charge is -2.28. The molecule has 3 aromatic rings. The van der Waals surface area contributed by atoms with Gasteiger partial charge in [-0.3, -0.25) is 4.79 Å². The highest BCUT2D eigenvalue weighted by Gasteiger charge is 2.35. The first-order valence-corrected chi connectivity index (χ1v) is 12.9. The number of anilines is 1. The highest BCUT2D eigenvalue weighted by molar-refractivity contribution is 7.11. The van der Waals surface area contributed by atoms with Crippen LogP contribution in [0.4, 0.5) is 10.5 Å². The Bertz CT molecular complexity index is 1180. The number of nitrogens with one attached hydrogen (secondary N) is 1. The number of rotatable bonds is 11. The Labute approximate surface area is 216 Å². The van der Waals surface area contributed by atoms with E-state index in [0.717, 1.165) is 29.0 Å². The van der Waals surface area contributed by atoms with Crippen molar-refractivity contribution in [3.63, 3.8) is 0 Å². The van der Waals surface area contributed by atoms with Crippen molar-refractivity contribution in [1.29, 1.82) is 0 Å². The molecule has 1 fully saturated rings. The standard InChI is InChI=1S/C28H33N3O4S/c1-20-9-13-24(36-20)18-30(16-15-21-10-14-25(34-2)26(17-21)35-3)27(32)19-31(23-11-12-23)28(33)29-22-7-5-4-6-8-22/h4-10,13-14,17,23H,11-12,15-16,18-19H2,1-3H3,(H,29,33). The second-order valence-corrected chi connectivity index (χ2v) is 10.3. The minimum Gasteiger partial charge on any atom is -0.493 e. The first-order valence-electron chi connectivity index (χ1n) is 12.1. The summed E-state index contributed by atoms with van der Waals surface area (Å²) in [4.78, 5) is 32.5. The average molecular weight is 508 g/mol. The molecule has 0 atom stereocenters. The van der Waals surface area contributed by atoms with Gasteiger partial charge in [-0.15, -0.1) is 11.3 Å². The van der Waals surface area contributed by atoms with Crippen molar-refractivity contribution in [3.8, 4) is 11.5 Å². The van der Waals surface area contributed by atoms with Gasteiger partial charge in [-0.2, -0.15) is 0 Å². The molecule has 190 valence electrons. The first kappa shape index (κ1) is 25.6. The molecule has 3 amide bonds. The number of hydrogen-bond acceptors (Lipinski definition) is 5. The third-order valence-corrected chi connectivity index (χ3v) is 7.18. The molecule has 1 N–H and O–H groups in total. The Morgan fingerprint density at radius 3 is 2.39 bits per heavy atom. The number of urea groups is 1. The molecule has 1 aromatic heterocycles. The van der Waals surface area contributed by atoms with E-state index in [1.807, 2.05) is 53.4 Å². The van der Waals surface area contributed by atoms with Crippen molar-refractivity contribution in [2.24, 2.45) is 0 Å². The van der Waals surface area contributed by atoms with E-state index < -0.39 is 0 Å². The van der Waals surface area contributed by atoms with Gasteiger partial charge in [0.15, 0.2) is 11.5 Å². The Balaban J connectivity index is 1.47. The van der Waals surface area contributed by atoms with Crippen LogP contribution in [0.3, 0.4) is 0 Å². The Kier molecular flexibility index (Phi) is 8.48. The van der Waals surface area contributed by atoms with Crippen LogP contribution in [0, 0.1) is 6.92 Å². The quantitative estimate of drug-likeness (QED) is 0.380. The van der Waals surface area contributed by atoms with Gasteiger partial charge in [0.2, 0.25) is 5.91 Å². The molecule has 0 radical (unpaired) electrons. The van der Waals surface area contributed by atoms with E-state index in [0.29, 0.717) is 31.0 Å². The van der Waals surface area contributed by atoms with Crippen molar-refractivity contribution in [1.82, 2.24) is 9.80 Å². The molecule has 0 spiro atoms. The van der Waals surface area contributed by atoms with Crippen LogP contribution in [0.5, 0.6) is 11.5 Å². The number of hydrogen-bond donors (Lipinski definition) is 1. The number of carbonyl (C=O) groups is 2. The summed E-state index contributed by atoms with van der Waals surface area (Å²) >= 11 is 1.69. The molecule has 0 saturated heterocycles. The third-order valence-electron chi connectivity index (χ3n) is 6.19. The van der Waals surface area contributed by atoms with Crippen LogP contribution >= 0.6 is 11.3 Å². The third kappa shape index (κ3) is 6.79. The van der Waals surface area contributed by atoms with Crippen molar-refractivity contribution in [2.75, 3.05) is 32.6 Å². The minimum absolute atomic E-state index is 0.0552. The normalized spacial score (nSPS) is 12.6. The van der Waals surface area contributed by atoms with E-state index in [-0.39, 0.29) is 24.5 Å². The summed E-state index contributed by atoms with van der Waals surface area (Å²) in [5.41, 5.74) is 1.77. The van der Waals surface area contributed by atoms with E-state index in [4.69, 9.17) is 9.47 Å². The molecule has 36 heavy (non-hydrogen) atoms. The smallest absolute Gasteiger partial charge is 0.322 e. The Morgan fingerprint density at radius 2 is 1.75 bits per heavy atom. The Morgan fingerprint density at radius 1 is 1.00 bits per heavy atom. The van der Waals surface area contributed by atoms with E-state index >= 15 is 0 Å². The van der Waals surface area contributed by atoms with Gasteiger partial charge < -0.3 is 24.6 Å². The van der Waals surface area contributed by atoms with Gasteiger partial charge in [0.05, 0.1) is 20.8 Å². The maximum Gasteiger partial charge on any atom is 0.322 e. The summed E-state index contributed by atoms with van der Waals surface area (Å²) < 4.78 is 10.8. The van der Waals surface area contributed by atoms with Crippen molar-refractivity contribution >= 4 is 29.0 Å². The molecule has 1 saturated carbocycles. The molecule has 7 nitrogen and oxygen atoms in total. The zero-order valence-electron chi connectivity index (χ0n) is 21.0. The topological polar surface area (TPSA) is 71.1 Å². The largest absolute Gasteiger partial charge is 0.493 e. The molecule has 4 rings (SSSR count). The maximum atomic E-state index is 13.6. The number of aryl methyl sites for hydroxylation is 1. The SMILES string of the molecule is COc1ccc(CCN(Cc2ccc(C)s2)C(=O)CN(C(=O)Nc2ccccc2)C2CC2)cc1OC. The van der Waals surface area contributed by atoms with Crippen LogP contribution in [0.1, 0.15) is 28.2 Å². The van der Waals surface area contributed by atoms with E-state index in [9.17, 15) is 9.59 Å². The fraction of sp³-hybridized carbons (Fsp3) is 0.357. The number of thiophene rings is 1. The highest BCUT2D eigenvalue weighted by atomic mass is 32.1. The van der Waals surface area contributed by atoms with Crippen molar-refractivity contribution in [2.45, 2.75) is 38.8 Å². The predicted molar refractivity (Wildman–Crippen MR) is 143 cm³/mol. The van der Waals surface area contributed by atoms with E-state index in [1.165, 1.54) is 4.88 Å². The van der Waals surface area contributed by atoms with E-state index in [2.05, 4.69) is 24.4 Å². The van der Waals surface area contributed by atoms with Gasteiger partial charge in [0.25, 0.3) is 0 Å². The zero-order valence-corrected chi connectivity index (χ0v) is 21.8. The minimum atomic E-state index is -0.233. The molecule has 1 aliphatic rings. The van der Waals surface area contributed by atoms with Gasteiger partial charge in [0.1, 0.15) is 6.54 Å². The summed E-state index contributed by atoms with van der Waals surface area (Å²) in [5, 5.41) is 2.93.